The number of hydrogen-bond donors (Lipinski definition) is 1. The summed E-state index contributed by atoms with van der Waals surface area (Å²) in [5, 5.41) is 11.7. The molecule has 0 saturated heterocycles. The average Bonchev–Trinajstić information content (AvgIpc) is 2.68. The van der Waals surface area contributed by atoms with Crippen LogP contribution in [-0.2, 0) is 4.79 Å². The van der Waals surface area contributed by atoms with E-state index in [1.54, 1.807) is 11.9 Å². The van der Waals surface area contributed by atoms with Crippen LogP contribution in [0.3, 0.4) is 0 Å². The SMILES string of the molecule is CC(C)C(=O)N(C)CC(O)c1cccs1. The number of aliphatic hydroxyl groups excluding tert-OH is 1. The van der Waals surface area contributed by atoms with E-state index in [9.17, 15) is 9.90 Å². The second-order valence-corrected chi connectivity index (χ2v) is 4.88. The number of likely N-dealkylation sites (N-methyl/N-ethyl adjacent to an activating group) is 1. The van der Waals surface area contributed by atoms with Crippen molar-refractivity contribution in [3.05, 3.63) is 22.4 Å². The number of amides is 1. The molecule has 1 N–H and O–H groups in total. The predicted molar refractivity (Wildman–Crippen MR) is 61.8 cm³/mol. The van der Waals surface area contributed by atoms with Gasteiger partial charge in [0.15, 0.2) is 0 Å². The van der Waals surface area contributed by atoms with E-state index in [2.05, 4.69) is 0 Å². The Hall–Kier alpha value is -0.870. The summed E-state index contributed by atoms with van der Waals surface area (Å²) in [6.07, 6.45) is -0.572. The van der Waals surface area contributed by atoms with Gasteiger partial charge in [-0.05, 0) is 11.4 Å². The van der Waals surface area contributed by atoms with Crippen LogP contribution in [0.15, 0.2) is 17.5 Å². The largest absolute Gasteiger partial charge is 0.386 e. The van der Waals surface area contributed by atoms with E-state index in [-0.39, 0.29) is 11.8 Å². The summed E-state index contributed by atoms with van der Waals surface area (Å²) in [4.78, 5) is 14.0. The van der Waals surface area contributed by atoms with E-state index < -0.39 is 6.10 Å². The van der Waals surface area contributed by atoms with Crippen LogP contribution in [0.2, 0.25) is 0 Å². The molecular formula is C11H17NO2S. The highest BCUT2D eigenvalue weighted by Gasteiger charge is 2.17. The van der Waals surface area contributed by atoms with Gasteiger partial charge in [0.1, 0.15) is 6.10 Å². The Labute approximate surface area is 94.3 Å². The normalized spacial score (nSPS) is 12.9. The van der Waals surface area contributed by atoms with Gasteiger partial charge >= 0.3 is 0 Å². The molecule has 0 aliphatic rings. The third-order valence-corrected chi connectivity index (χ3v) is 3.16. The molecule has 1 unspecified atom stereocenters. The summed E-state index contributed by atoms with van der Waals surface area (Å²) < 4.78 is 0. The summed E-state index contributed by atoms with van der Waals surface area (Å²) in [5.41, 5.74) is 0. The van der Waals surface area contributed by atoms with Crippen LogP contribution >= 0.6 is 11.3 Å². The monoisotopic (exact) mass is 227 g/mol. The molecule has 0 bridgehead atoms. The molecule has 84 valence electrons. The van der Waals surface area contributed by atoms with Gasteiger partial charge in [0.2, 0.25) is 5.91 Å². The first-order valence-electron chi connectivity index (χ1n) is 4.98. The lowest BCUT2D eigenvalue weighted by molar-refractivity contribution is -0.134. The van der Waals surface area contributed by atoms with E-state index in [4.69, 9.17) is 0 Å². The van der Waals surface area contributed by atoms with Gasteiger partial charge in [0.05, 0.1) is 6.54 Å². The maximum Gasteiger partial charge on any atom is 0.224 e. The molecule has 0 aromatic carbocycles. The first kappa shape index (κ1) is 12.2. The van der Waals surface area contributed by atoms with E-state index in [0.29, 0.717) is 6.54 Å². The van der Waals surface area contributed by atoms with Crippen molar-refractivity contribution < 1.29 is 9.90 Å². The fourth-order valence-corrected chi connectivity index (χ4v) is 2.06. The van der Waals surface area contributed by atoms with Gasteiger partial charge in [-0.25, -0.2) is 0 Å². The molecule has 1 rings (SSSR count). The number of hydrogen-bond acceptors (Lipinski definition) is 3. The van der Waals surface area contributed by atoms with Crippen LogP contribution in [0.25, 0.3) is 0 Å². The molecular weight excluding hydrogens is 210 g/mol. The molecule has 1 amide bonds. The lowest BCUT2D eigenvalue weighted by Crippen LogP contribution is -2.33. The van der Waals surface area contributed by atoms with Crippen molar-refractivity contribution in [1.29, 1.82) is 0 Å². The highest BCUT2D eigenvalue weighted by Crippen LogP contribution is 2.19. The average molecular weight is 227 g/mol. The molecule has 0 aliphatic heterocycles. The highest BCUT2D eigenvalue weighted by atomic mass is 32.1. The zero-order valence-corrected chi connectivity index (χ0v) is 10.1. The van der Waals surface area contributed by atoms with E-state index in [1.807, 2.05) is 31.4 Å². The Morgan fingerprint density at radius 1 is 1.60 bits per heavy atom. The van der Waals surface area contributed by atoms with Gasteiger partial charge in [-0.2, -0.15) is 0 Å². The van der Waals surface area contributed by atoms with Crippen LogP contribution < -0.4 is 0 Å². The van der Waals surface area contributed by atoms with Gasteiger partial charge < -0.3 is 10.0 Å². The van der Waals surface area contributed by atoms with Gasteiger partial charge in [-0.1, -0.05) is 19.9 Å². The minimum Gasteiger partial charge on any atom is -0.386 e. The number of nitrogens with zero attached hydrogens (tertiary/aromatic N) is 1. The molecule has 4 heteroatoms. The van der Waals surface area contributed by atoms with Crippen molar-refractivity contribution >= 4 is 17.2 Å². The fourth-order valence-electron chi connectivity index (χ4n) is 1.36. The lowest BCUT2D eigenvalue weighted by atomic mass is 10.2. The van der Waals surface area contributed by atoms with Crippen molar-refractivity contribution in [2.75, 3.05) is 13.6 Å². The number of carbonyl (C=O) groups excluding carboxylic acids is 1. The summed E-state index contributed by atoms with van der Waals surface area (Å²) in [6.45, 7) is 4.07. The summed E-state index contributed by atoms with van der Waals surface area (Å²) >= 11 is 1.51. The Morgan fingerprint density at radius 3 is 2.73 bits per heavy atom. The minimum absolute atomic E-state index is 0.0227. The Balaban J connectivity index is 2.52. The number of thiophene rings is 1. The van der Waals surface area contributed by atoms with E-state index in [0.717, 1.165) is 4.88 Å². The van der Waals surface area contributed by atoms with Gasteiger partial charge in [-0.3, -0.25) is 4.79 Å². The summed E-state index contributed by atoms with van der Waals surface area (Å²) in [7, 11) is 1.72. The second-order valence-electron chi connectivity index (χ2n) is 3.90. The Morgan fingerprint density at radius 2 is 2.27 bits per heavy atom. The van der Waals surface area contributed by atoms with E-state index in [1.165, 1.54) is 11.3 Å². The number of aliphatic hydroxyl groups is 1. The maximum absolute atomic E-state index is 11.6. The fraction of sp³-hybridized carbons (Fsp3) is 0.545. The molecule has 1 aromatic heterocycles. The first-order valence-corrected chi connectivity index (χ1v) is 5.86. The standard InChI is InChI=1S/C11H17NO2S/c1-8(2)11(14)12(3)7-9(13)10-5-4-6-15-10/h4-6,8-9,13H,7H2,1-3H3. The summed E-state index contributed by atoms with van der Waals surface area (Å²) in [5.74, 6) is 0.0381. The van der Waals surface area contributed by atoms with Crippen LogP contribution in [0, 0.1) is 5.92 Å². The van der Waals surface area contributed by atoms with Crippen molar-refractivity contribution in [1.82, 2.24) is 4.90 Å². The smallest absolute Gasteiger partial charge is 0.224 e. The zero-order valence-electron chi connectivity index (χ0n) is 9.30. The molecule has 0 fully saturated rings. The van der Waals surface area contributed by atoms with Gasteiger partial charge in [0, 0.05) is 17.8 Å². The van der Waals surface area contributed by atoms with Crippen molar-refractivity contribution in [3.8, 4) is 0 Å². The van der Waals surface area contributed by atoms with E-state index >= 15 is 0 Å². The molecule has 0 radical (unpaired) electrons. The highest BCUT2D eigenvalue weighted by molar-refractivity contribution is 7.10. The van der Waals surface area contributed by atoms with Crippen LogP contribution in [-0.4, -0.2) is 29.5 Å². The first-order chi connectivity index (χ1) is 7.02. The molecule has 0 spiro atoms. The minimum atomic E-state index is -0.572. The Bertz CT molecular complexity index is 308. The predicted octanol–water partition coefficient (Wildman–Crippen LogP) is 1.90. The zero-order chi connectivity index (χ0) is 11.4. The lowest BCUT2D eigenvalue weighted by Gasteiger charge is -2.21. The molecule has 0 saturated carbocycles. The topological polar surface area (TPSA) is 40.5 Å². The number of rotatable bonds is 4. The van der Waals surface area contributed by atoms with Crippen molar-refractivity contribution in [2.24, 2.45) is 5.92 Å². The molecule has 15 heavy (non-hydrogen) atoms. The third-order valence-electron chi connectivity index (χ3n) is 2.19. The summed E-state index contributed by atoms with van der Waals surface area (Å²) in [6, 6.07) is 3.77. The van der Waals surface area contributed by atoms with Crippen LogP contribution in [0.5, 0.6) is 0 Å². The van der Waals surface area contributed by atoms with Gasteiger partial charge in [-0.15, -0.1) is 11.3 Å². The van der Waals surface area contributed by atoms with Crippen molar-refractivity contribution in [3.63, 3.8) is 0 Å². The van der Waals surface area contributed by atoms with Crippen LogP contribution in [0.1, 0.15) is 24.8 Å². The molecule has 1 heterocycles. The quantitative estimate of drug-likeness (QED) is 0.853. The molecule has 3 nitrogen and oxygen atoms in total. The third kappa shape index (κ3) is 3.32. The second kappa shape index (κ2) is 5.28. The molecule has 0 aliphatic carbocycles. The van der Waals surface area contributed by atoms with Crippen LogP contribution in [0.4, 0.5) is 0 Å². The maximum atomic E-state index is 11.6. The van der Waals surface area contributed by atoms with Crippen molar-refractivity contribution in [2.45, 2.75) is 20.0 Å². The van der Waals surface area contributed by atoms with Gasteiger partial charge in [0.25, 0.3) is 0 Å². The molecule has 1 atom stereocenters. The number of carbonyl (C=O) groups is 1. The molecule has 1 aromatic rings. The Kier molecular flexibility index (Phi) is 4.29.